The van der Waals surface area contributed by atoms with Gasteiger partial charge in [0, 0.05) is 6.54 Å². The van der Waals surface area contributed by atoms with Gasteiger partial charge in [-0.1, -0.05) is 30.3 Å². The molecule has 1 unspecified atom stereocenters. The summed E-state index contributed by atoms with van der Waals surface area (Å²) in [5, 5.41) is 2.91. The van der Waals surface area contributed by atoms with Gasteiger partial charge in [-0.2, -0.15) is 0 Å². The molecule has 1 N–H and O–H groups in total. The van der Waals surface area contributed by atoms with E-state index in [2.05, 4.69) is 5.32 Å². The zero-order chi connectivity index (χ0) is 14.8. The van der Waals surface area contributed by atoms with Crippen LogP contribution in [0.25, 0.3) is 0 Å². The van der Waals surface area contributed by atoms with Gasteiger partial charge in [0.2, 0.25) is 5.91 Å². The quantitative estimate of drug-likeness (QED) is 0.913. The van der Waals surface area contributed by atoms with Crippen LogP contribution in [-0.4, -0.2) is 54.1 Å². The Balaban J connectivity index is 1.54. The Morgan fingerprint density at radius 2 is 2.00 bits per heavy atom. The van der Waals surface area contributed by atoms with E-state index in [9.17, 15) is 14.0 Å². The first-order chi connectivity index (χ1) is 10.1. The lowest BCUT2D eigenvalue weighted by Gasteiger charge is -2.38. The van der Waals surface area contributed by atoms with Crippen LogP contribution in [0.15, 0.2) is 30.3 Å². The molecule has 21 heavy (non-hydrogen) atoms. The van der Waals surface area contributed by atoms with Gasteiger partial charge in [-0.25, -0.2) is 9.18 Å². The molecule has 2 saturated heterocycles. The highest BCUT2D eigenvalue weighted by Gasteiger charge is 2.33. The second-order valence-electron chi connectivity index (χ2n) is 5.52. The summed E-state index contributed by atoms with van der Waals surface area (Å²) in [5.41, 5.74) is 1.07. The Morgan fingerprint density at radius 1 is 1.29 bits per heavy atom. The molecule has 3 rings (SSSR count). The minimum Gasteiger partial charge on any atom is -0.335 e. The van der Waals surface area contributed by atoms with Gasteiger partial charge in [-0.15, -0.1) is 0 Å². The van der Waals surface area contributed by atoms with Crippen molar-refractivity contribution in [3.8, 4) is 0 Å². The minimum atomic E-state index is -0.911. The molecule has 112 valence electrons. The first-order valence-corrected chi connectivity index (χ1v) is 7.15. The molecule has 0 aliphatic carbocycles. The fourth-order valence-electron chi connectivity index (χ4n) is 2.68. The maximum Gasteiger partial charge on any atom is 0.318 e. The fourth-order valence-corrected chi connectivity index (χ4v) is 2.68. The number of urea groups is 1. The molecule has 0 radical (unpaired) electrons. The molecule has 2 heterocycles. The summed E-state index contributed by atoms with van der Waals surface area (Å²) in [6, 6.07) is 9.53. The first kappa shape index (κ1) is 13.9. The van der Waals surface area contributed by atoms with E-state index < -0.39 is 6.17 Å². The van der Waals surface area contributed by atoms with Crippen molar-refractivity contribution in [2.24, 2.45) is 0 Å². The van der Waals surface area contributed by atoms with Crippen LogP contribution in [0, 0.1) is 0 Å². The van der Waals surface area contributed by atoms with Crippen LogP contribution in [0.4, 0.5) is 9.18 Å². The van der Waals surface area contributed by atoms with E-state index in [4.69, 9.17) is 0 Å². The number of hydrogen-bond donors (Lipinski definition) is 1. The summed E-state index contributed by atoms with van der Waals surface area (Å²) in [5.74, 6) is -0.183. The van der Waals surface area contributed by atoms with Gasteiger partial charge in [0.15, 0.2) is 0 Å². The van der Waals surface area contributed by atoms with Crippen molar-refractivity contribution in [3.63, 3.8) is 0 Å². The fraction of sp³-hybridized carbons (Fsp3) is 0.467. The molecule has 0 aromatic heterocycles. The highest BCUT2D eigenvalue weighted by molar-refractivity contribution is 5.85. The van der Waals surface area contributed by atoms with Gasteiger partial charge < -0.3 is 15.1 Å². The Morgan fingerprint density at radius 3 is 2.62 bits per heavy atom. The zero-order valence-corrected chi connectivity index (χ0v) is 11.7. The summed E-state index contributed by atoms with van der Waals surface area (Å²) in [4.78, 5) is 26.9. The molecule has 0 bridgehead atoms. The second-order valence-corrected chi connectivity index (χ2v) is 5.52. The van der Waals surface area contributed by atoms with Crippen molar-refractivity contribution in [1.29, 1.82) is 0 Å². The van der Waals surface area contributed by atoms with Crippen LogP contribution < -0.4 is 5.32 Å². The summed E-state index contributed by atoms with van der Waals surface area (Å²) < 4.78 is 12.7. The third-order valence-electron chi connectivity index (χ3n) is 3.99. The van der Waals surface area contributed by atoms with E-state index in [0.717, 1.165) is 12.0 Å². The Kier molecular flexibility index (Phi) is 3.77. The maximum absolute atomic E-state index is 12.7. The number of carbonyl (C=O) groups excluding carboxylic acids is 2. The van der Waals surface area contributed by atoms with Gasteiger partial charge in [0.1, 0.15) is 12.7 Å². The number of nitrogens with zero attached hydrogens (tertiary/aromatic N) is 2. The summed E-state index contributed by atoms with van der Waals surface area (Å²) in [7, 11) is 0. The van der Waals surface area contributed by atoms with E-state index in [1.807, 2.05) is 30.3 Å². The van der Waals surface area contributed by atoms with E-state index in [-0.39, 0.29) is 37.6 Å². The predicted octanol–water partition coefficient (Wildman–Crippen LogP) is 1.32. The van der Waals surface area contributed by atoms with Gasteiger partial charge in [0.05, 0.1) is 19.1 Å². The van der Waals surface area contributed by atoms with Gasteiger partial charge in [-0.3, -0.25) is 4.79 Å². The molecule has 2 aliphatic rings. The summed E-state index contributed by atoms with van der Waals surface area (Å²) >= 11 is 0. The van der Waals surface area contributed by atoms with Crippen LogP contribution in [0.5, 0.6) is 0 Å². The van der Waals surface area contributed by atoms with Gasteiger partial charge in [0.25, 0.3) is 0 Å². The lowest BCUT2D eigenvalue weighted by Crippen LogP contribution is -2.57. The van der Waals surface area contributed by atoms with Crippen LogP contribution >= 0.6 is 0 Å². The number of nitrogens with one attached hydrogen (secondary N) is 1. The van der Waals surface area contributed by atoms with Gasteiger partial charge >= 0.3 is 6.03 Å². The van der Waals surface area contributed by atoms with E-state index >= 15 is 0 Å². The molecular formula is C15H18FN3O2. The number of hydrogen-bond acceptors (Lipinski definition) is 2. The summed E-state index contributed by atoms with van der Waals surface area (Å²) in [6.45, 7) is 0.867. The summed E-state index contributed by atoms with van der Waals surface area (Å²) in [6.07, 6.45) is -0.152. The number of benzene rings is 1. The normalized spacial score (nSPS) is 22.7. The maximum atomic E-state index is 12.7. The van der Waals surface area contributed by atoms with Crippen LogP contribution in [0.1, 0.15) is 18.0 Å². The second kappa shape index (κ2) is 5.71. The van der Waals surface area contributed by atoms with Crippen LogP contribution in [-0.2, 0) is 4.79 Å². The van der Waals surface area contributed by atoms with E-state index in [0.29, 0.717) is 6.54 Å². The predicted molar refractivity (Wildman–Crippen MR) is 75.4 cm³/mol. The molecule has 3 amide bonds. The van der Waals surface area contributed by atoms with Crippen molar-refractivity contribution < 1.29 is 14.0 Å². The highest BCUT2D eigenvalue weighted by atomic mass is 19.1. The molecule has 0 spiro atoms. The number of carbonyl (C=O) groups is 2. The van der Waals surface area contributed by atoms with Gasteiger partial charge in [-0.05, 0) is 12.0 Å². The number of amides is 3. The highest BCUT2D eigenvalue weighted by Crippen LogP contribution is 2.21. The van der Waals surface area contributed by atoms with Crippen molar-refractivity contribution in [2.45, 2.75) is 18.6 Å². The van der Waals surface area contributed by atoms with Crippen LogP contribution in [0.2, 0.25) is 0 Å². The number of halogens is 1. The molecular weight excluding hydrogens is 273 g/mol. The van der Waals surface area contributed by atoms with E-state index in [1.165, 1.54) is 9.80 Å². The largest absolute Gasteiger partial charge is 0.335 e. The van der Waals surface area contributed by atoms with Crippen LogP contribution in [0.3, 0.4) is 0 Å². The topological polar surface area (TPSA) is 52.7 Å². The molecule has 1 atom stereocenters. The first-order valence-electron chi connectivity index (χ1n) is 7.15. The molecule has 1 aromatic rings. The van der Waals surface area contributed by atoms with Crippen molar-refractivity contribution in [2.75, 3.05) is 26.2 Å². The van der Waals surface area contributed by atoms with E-state index in [1.54, 1.807) is 0 Å². The third-order valence-corrected chi connectivity index (χ3v) is 3.99. The minimum absolute atomic E-state index is 0.00992. The Bertz CT molecular complexity index is 531. The number of rotatable bonds is 3. The standard InChI is InChI=1S/C15H18FN3O2/c16-12-8-19(9-12)14(20)10-18-7-6-13(17-15(18)21)11-4-2-1-3-5-11/h1-5,12-13H,6-10H2,(H,17,21). The molecule has 0 saturated carbocycles. The lowest BCUT2D eigenvalue weighted by atomic mass is 10.0. The Labute approximate surface area is 122 Å². The SMILES string of the molecule is O=C(CN1CCC(c2ccccc2)NC1=O)N1CC(F)C1. The molecule has 5 nitrogen and oxygen atoms in total. The molecule has 6 heteroatoms. The number of likely N-dealkylation sites (tertiary alicyclic amines) is 1. The monoisotopic (exact) mass is 291 g/mol. The average molecular weight is 291 g/mol. The molecule has 2 fully saturated rings. The molecule has 1 aromatic carbocycles. The average Bonchev–Trinajstić information content (AvgIpc) is 2.47. The number of alkyl halides is 1. The lowest BCUT2D eigenvalue weighted by molar-refractivity contribution is -0.138. The smallest absolute Gasteiger partial charge is 0.318 e. The Hall–Kier alpha value is -2.11. The van der Waals surface area contributed by atoms with Crippen molar-refractivity contribution in [3.05, 3.63) is 35.9 Å². The zero-order valence-electron chi connectivity index (χ0n) is 11.7. The third kappa shape index (κ3) is 2.99. The van der Waals surface area contributed by atoms with Crippen molar-refractivity contribution >= 4 is 11.9 Å². The van der Waals surface area contributed by atoms with Crippen molar-refractivity contribution in [1.82, 2.24) is 15.1 Å². The molecule has 2 aliphatic heterocycles.